The molecule has 2 heterocycles. The fourth-order valence-corrected chi connectivity index (χ4v) is 4.88. The van der Waals surface area contributed by atoms with Crippen molar-refractivity contribution in [2.75, 3.05) is 26.2 Å². The highest BCUT2D eigenvalue weighted by atomic mass is 19.4. The number of rotatable bonds is 7. The molecule has 1 spiro atoms. The Kier molecular flexibility index (Phi) is 6.74. The summed E-state index contributed by atoms with van der Waals surface area (Å²) in [5.41, 5.74) is 1.90. The van der Waals surface area contributed by atoms with Crippen LogP contribution < -0.4 is 4.74 Å². The highest BCUT2D eigenvalue weighted by Crippen LogP contribution is 2.42. The van der Waals surface area contributed by atoms with Crippen LogP contribution in [0.5, 0.6) is 5.75 Å². The van der Waals surface area contributed by atoms with Crippen LogP contribution in [-0.2, 0) is 17.8 Å². The number of ether oxygens (including phenoxy) is 1. The van der Waals surface area contributed by atoms with E-state index in [1.54, 1.807) is 12.1 Å². The molecule has 0 bridgehead atoms. The molecule has 2 aromatic carbocycles. The summed E-state index contributed by atoms with van der Waals surface area (Å²) in [4.78, 5) is 17.5. The first-order valence-electron chi connectivity index (χ1n) is 11.2. The zero-order valence-electron chi connectivity index (χ0n) is 18.1. The van der Waals surface area contributed by atoms with Gasteiger partial charge < -0.3 is 14.5 Å². The standard InChI is InChI=1S/C25H29F3N2O2/c26-25(27,28)32-22-10-8-21(9-11-22)19-30-18-14-24(23(30)31)12-16-29(17-13-24)15-4-7-20-5-2-1-3-6-20/h1-3,5-6,8-11H,4,7,12-19H2. The van der Waals surface area contributed by atoms with Gasteiger partial charge in [0.2, 0.25) is 5.91 Å². The maximum atomic E-state index is 13.2. The van der Waals surface area contributed by atoms with Gasteiger partial charge in [0.25, 0.3) is 0 Å². The van der Waals surface area contributed by atoms with Crippen molar-refractivity contribution < 1.29 is 22.7 Å². The number of alkyl halides is 3. The molecule has 4 rings (SSSR count). The van der Waals surface area contributed by atoms with Crippen LogP contribution in [0.15, 0.2) is 54.6 Å². The van der Waals surface area contributed by atoms with E-state index in [0.29, 0.717) is 13.1 Å². The lowest BCUT2D eigenvalue weighted by molar-refractivity contribution is -0.274. The van der Waals surface area contributed by atoms with Crippen LogP contribution in [0.1, 0.15) is 36.8 Å². The van der Waals surface area contributed by atoms with E-state index in [9.17, 15) is 18.0 Å². The lowest BCUT2D eigenvalue weighted by Gasteiger charge is -2.38. The molecule has 2 saturated heterocycles. The number of nitrogens with zero attached hydrogens (tertiary/aromatic N) is 2. The van der Waals surface area contributed by atoms with Gasteiger partial charge in [0, 0.05) is 13.1 Å². The predicted octanol–water partition coefficient (Wildman–Crippen LogP) is 5.03. The van der Waals surface area contributed by atoms with E-state index in [4.69, 9.17) is 0 Å². The average molecular weight is 447 g/mol. The molecule has 1 amide bonds. The van der Waals surface area contributed by atoms with E-state index in [1.807, 2.05) is 11.0 Å². The van der Waals surface area contributed by atoms with E-state index in [0.717, 1.165) is 57.3 Å². The number of carbonyl (C=O) groups is 1. The lowest BCUT2D eigenvalue weighted by atomic mass is 9.77. The summed E-state index contributed by atoms with van der Waals surface area (Å²) >= 11 is 0. The second kappa shape index (κ2) is 9.53. The van der Waals surface area contributed by atoms with Gasteiger partial charge in [-0.3, -0.25) is 4.79 Å². The van der Waals surface area contributed by atoms with Gasteiger partial charge in [-0.1, -0.05) is 42.5 Å². The Morgan fingerprint density at radius 2 is 1.53 bits per heavy atom. The molecule has 4 nitrogen and oxygen atoms in total. The first-order valence-corrected chi connectivity index (χ1v) is 11.2. The molecule has 32 heavy (non-hydrogen) atoms. The lowest BCUT2D eigenvalue weighted by Crippen LogP contribution is -2.44. The van der Waals surface area contributed by atoms with Gasteiger partial charge in [0.05, 0.1) is 5.41 Å². The summed E-state index contributed by atoms with van der Waals surface area (Å²) in [5, 5.41) is 0. The molecule has 0 unspecified atom stereocenters. The van der Waals surface area contributed by atoms with E-state index in [-0.39, 0.29) is 17.1 Å². The molecule has 172 valence electrons. The van der Waals surface area contributed by atoms with Crippen molar-refractivity contribution in [2.24, 2.45) is 5.41 Å². The zero-order valence-corrected chi connectivity index (χ0v) is 18.1. The first-order chi connectivity index (χ1) is 15.3. The van der Waals surface area contributed by atoms with Crippen LogP contribution in [0.2, 0.25) is 0 Å². The number of piperidine rings is 1. The Bertz CT molecular complexity index is 892. The highest BCUT2D eigenvalue weighted by Gasteiger charge is 2.47. The van der Waals surface area contributed by atoms with Gasteiger partial charge in [-0.25, -0.2) is 0 Å². The van der Waals surface area contributed by atoms with Crippen molar-refractivity contribution in [3.8, 4) is 5.75 Å². The summed E-state index contributed by atoms with van der Waals surface area (Å²) in [7, 11) is 0. The van der Waals surface area contributed by atoms with Crippen molar-refractivity contribution in [3.63, 3.8) is 0 Å². The maximum absolute atomic E-state index is 13.2. The summed E-state index contributed by atoms with van der Waals surface area (Å²) in [6, 6.07) is 16.3. The number of hydrogen-bond acceptors (Lipinski definition) is 3. The molecule has 2 aliphatic rings. The number of aryl methyl sites for hydroxylation is 1. The molecule has 0 radical (unpaired) electrons. The zero-order chi connectivity index (χ0) is 22.6. The van der Waals surface area contributed by atoms with Crippen molar-refractivity contribution >= 4 is 5.91 Å². The second-order valence-electron chi connectivity index (χ2n) is 8.88. The van der Waals surface area contributed by atoms with E-state index >= 15 is 0 Å². The first kappa shape index (κ1) is 22.6. The normalized spacial score (nSPS) is 19.0. The van der Waals surface area contributed by atoms with Gasteiger partial charge in [-0.2, -0.15) is 0 Å². The van der Waals surface area contributed by atoms with Crippen LogP contribution in [-0.4, -0.2) is 48.2 Å². The molecule has 0 N–H and O–H groups in total. The minimum absolute atomic E-state index is 0.192. The molecular formula is C25H29F3N2O2. The van der Waals surface area contributed by atoms with Crippen LogP contribution in [0.25, 0.3) is 0 Å². The Morgan fingerprint density at radius 1 is 0.875 bits per heavy atom. The predicted molar refractivity (Wildman–Crippen MR) is 116 cm³/mol. The quantitative estimate of drug-likeness (QED) is 0.598. The SMILES string of the molecule is O=C1N(Cc2ccc(OC(F)(F)F)cc2)CCC12CCN(CCCc1ccccc1)CC2. The summed E-state index contributed by atoms with van der Waals surface area (Å²) in [6.45, 7) is 4.06. The van der Waals surface area contributed by atoms with E-state index in [2.05, 4.69) is 33.9 Å². The number of hydrogen-bond donors (Lipinski definition) is 0. The fraction of sp³-hybridized carbons (Fsp3) is 0.480. The molecule has 2 aliphatic heterocycles. The van der Waals surface area contributed by atoms with Crippen LogP contribution in [0, 0.1) is 5.41 Å². The second-order valence-corrected chi connectivity index (χ2v) is 8.88. The Morgan fingerprint density at radius 3 is 2.19 bits per heavy atom. The van der Waals surface area contributed by atoms with Crippen molar-refractivity contribution in [2.45, 2.75) is 45.0 Å². The third-order valence-electron chi connectivity index (χ3n) is 6.73. The van der Waals surface area contributed by atoms with Crippen molar-refractivity contribution in [1.29, 1.82) is 0 Å². The molecule has 0 aromatic heterocycles. The van der Waals surface area contributed by atoms with Crippen molar-refractivity contribution in [1.82, 2.24) is 9.80 Å². The largest absolute Gasteiger partial charge is 0.573 e. The molecule has 2 fully saturated rings. The van der Waals surface area contributed by atoms with E-state index < -0.39 is 6.36 Å². The van der Waals surface area contributed by atoms with Crippen LogP contribution >= 0.6 is 0 Å². The number of carbonyl (C=O) groups excluding carboxylic acids is 1. The molecule has 7 heteroatoms. The Balaban J connectivity index is 1.24. The van der Waals surface area contributed by atoms with Gasteiger partial charge in [0.15, 0.2) is 0 Å². The topological polar surface area (TPSA) is 32.8 Å². The molecule has 0 aliphatic carbocycles. The van der Waals surface area contributed by atoms with Crippen LogP contribution in [0.3, 0.4) is 0 Å². The van der Waals surface area contributed by atoms with Gasteiger partial charge in [-0.15, -0.1) is 13.2 Å². The number of amides is 1. The molecule has 2 aromatic rings. The smallest absolute Gasteiger partial charge is 0.406 e. The molecule has 0 atom stereocenters. The highest BCUT2D eigenvalue weighted by molar-refractivity contribution is 5.85. The number of halogens is 3. The number of benzene rings is 2. The third kappa shape index (κ3) is 5.63. The maximum Gasteiger partial charge on any atom is 0.573 e. The Labute approximate surface area is 187 Å². The number of likely N-dealkylation sites (tertiary alicyclic amines) is 2. The van der Waals surface area contributed by atoms with E-state index in [1.165, 1.54) is 17.7 Å². The molecule has 0 saturated carbocycles. The van der Waals surface area contributed by atoms with Crippen LogP contribution in [0.4, 0.5) is 13.2 Å². The average Bonchev–Trinajstić information content (AvgIpc) is 3.06. The Hall–Kier alpha value is -2.54. The fourth-order valence-electron chi connectivity index (χ4n) is 4.88. The monoisotopic (exact) mass is 446 g/mol. The van der Waals surface area contributed by atoms with Gasteiger partial charge in [-0.05, 0) is 75.0 Å². The third-order valence-corrected chi connectivity index (χ3v) is 6.73. The summed E-state index contributed by atoms with van der Waals surface area (Å²) in [5.74, 6) is -0.0536. The molecular weight excluding hydrogens is 417 g/mol. The van der Waals surface area contributed by atoms with Gasteiger partial charge in [0.1, 0.15) is 5.75 Å². The minimum Gasteiger partial charge on any atom is -0.406 e. The summed E-state index contributed by atoms with van der Waals surface area (Å²) in [6.07, 6.45) is 0.110. The summed E-state index contributed by atoms with van der Waals surface area (Å²) < 4.78 is 40.9. The minimum atomic E-state index is -4.70. The van der Waals surface area contributed by atoms with Crippen molar-refractivity contribution in [3.05, 3.63) is 65.7 Å². The van der Waals surface area contributed by atoms with Gasteiger partial charge >= 0.3 is 6.36 Å².